The van der Waals surface area contributed by atoms with E-state index >= 15 is 0 Å². The van der Waals surface area contributed by atoms with E-state index < -0.39 is 6.17 Å². The van der Waals surface area contributed by atoms with Crippen molar-refractivity contribution >= 4 is 6.08 Å². The van der Waals surface area contributed by atoms with Crippen LogP contribution < -0.4 is 0 Å². The molecule has 0 aromatic carbocycles. The standard InChI is InChI=1S/C13H17FN2O.C2H6/c1-16-6-4-9(5-7-16)13-11-3-2-10(14)8-12(11)17-15-13;1-2/h2-3,9-10H,4-8H2,1H3;1-2H3. The zero-order chi connectivity index (χ0) is 13.8. The Hall–Kier alpha value is -1.16. The molecule has 106 valence electrons. The summed E-state index contributed by atoms with van der Waals surface area (Å²) < 4.78 is 18.5. The van der Waals surface area contributed by atoms with Gasteiger partial charge in [-0.05, 0) is 39.1 Å². The fourth-order valence-corrected chi connectivity index (χ4v) is 2.69. The molecule has 1 saturated heterocycles. The summed E-state index contributed by atoms with van der Waals surface area (Å²) in [6.07, 6.45) is 5.10. The molecule has 2 heterocycles. The number of fused-ring (bicyclic) bond motifs is 1. The van der Waals surface area contributed by atoms with E-state index in [1.54, 1.807) is 6.08 Å². The molecule has 19 heavy (non-hydrogen) atoms. The highest BCUT2D eigenvalue weighted by molar-refractivity contribution is 5.57. The molecule has 1 aromatic rings. The van der Waals surface area contributed by atoms with Gasteiger partial charge in [0.05, 0.1) is 5.69 Å². The predicted octanol–water partition coefficient (Wildman–Crippen LogP) is 3.42. The molecule has 0 bridgehead atoms. The lowest BCUT2D eigenvalue weighted by atomic mass is 9.89. The van der Waals surface area contributed by atoms with Crippen molar-refractivity contribution < 1.29 is 8.91 Å². The van der Waals surface area contributed by atoms with E-state index in [0.717, 1.165) is 37.2 Å². The number of piperidine rings is 1. The van der Waals surface area contributed by atoms with Gasteiger partial charge in [0.15, 0.2) is 0 Å². The molecule has 0 spiro atoms. The predicted molar refractivity (Wildman–Crippen MR) is 75.0 cm³/mol. The molecule has 0 radical (unpaired) electrons. The zero-order valence-electron chi connectivity index (χ0n) is 12.0. The Bertz CT molecular complexity index is 433. The monoisotopic (exact) mass is 266 g/mol. The second-order valence-corrected chi connectivity index (χ2v) is 5.06. The Morgan fingerprint density at radius 3 is 2.68 bits per heavy atom. The molecule has 2 aliphatic rings. The van der Waals surface area contributed by atoms with Crippen LogP contribution in [0.2, 0.25) is 0 Å². The van der Waals surface area contributed by atoms with E-state index in [0.29, 0.717) is 18.1 Å². The molecule has 0 N–H and O–H groups in total. The zero-order valence-corrected chi connectivity index (χ0v) is 12.0. The van der Waals surface area contributed by atoms with Gasteiger partial charge in [-0.1, -0.05) is 25.1 Å². The van der Waals surface area contributed by atoms with Crippen molar-refractivity contribution in [2.45, 2.75) is 45.2 Å². The third-order valence-corrected chi connectivity index (χ3v) is 3.79. The second kappa shape index (κ2) is 6.33. The first-order valence-electron chi connectivity index (χ1n) is 7.23. The summed E-state index contributed by atoms with van der Waals surface area (Å²) in [7, 11) is 2.14. The lowest BCUT2D eigenvalue weighted by Crippen LogP contribution is -2.29. The first-order valence-corrected chi connectivity index (χ1v) is 7.23. The smallest absolute Gasteiger partial charge is 0.147 e. The van der Waals surface area contributed by atoms with Crippen molar-refractivity contribution in [3.8, 4) is 0 Å². The van der Waals surface area contributed by atoms with Crippen molar-refractivity contribution in [1.82, 2.24) is 10.1 Å². The van der Waals surface area contributed by atoms with Crippen LogP contribution in [0.4, 0.5) is 4.39 Å². The van der Waals surface area contributed by atoms with Crippen LogP contribution in [0.1, 0.15) is 49.6 Å². The molecule has 0 amide bonds. The number of hydrogen-bond acceptors (Lipinski definition) is 3. The van der Waals surface area contributed by atoms with Gasteiger partial charge in [-0.15, -0.1) is 0 Å². The summed E-state index contributed by atoms with van der Waals surface area (Å²) in [5.74, 6) is 1.19. The minimum atomic E-state index is -0.916. The van der Waals surface area contributed by atoms with Gasteiger partial charge in [0.1, 0.15) is 11.9 Å². The minimum Gasteiger partial charge on any atom is -0.360 e. The van der Waals surface area contributed by atoms with Crippen molar-refractivity contribution in [3.63, 3.8) is 0 Å². The Morgan fingerprint density at radius 2 is 2.00 bits per heavy atom. The quantitative estimate of drug-likeness (QED) is 0.780. The second-order valence-electron chi connectivity index (χ2n) is 5.06. The van der Waals surface area contributed by atoms with Crippen molar-refractivity contribution in [2.24, 2.45) is 0 Å². The largest absolute Gasteiger partial charge is 0.360 e. The fourth-order valence-electron chi connectivity index (χ4n) is 2.69. The summed E-state index contributed by atoms with van der Waals surface area (Å²) in [6, 6.07) is 0. The molecule has 0 saturated carbocycles. The van der Waals surface area contributed by atoms with E-state index in [-0.39, 0.29) is 0 Å². The van der Waals surface area contributed by atoms with E-state index in [4.69, 9.17) is 4.52 Å². The minimum absolute atomic E-state index is 0.339. The Balaban J connectivity index is 0.000000637. The first kappa shape index (κ1) is 14.3. The van der Waals surface area contributed by atoms with Gasteiger partial charge in [0, 0.05) is 17.9 Å². The molecule has 1 aliphatic carbocycles. The highest BCUT2D eigenvalue weighted by Gasteiger charge is 2.27. The Kier molecular flexibility index (Phi) is 4.75. The van der Waals surface area contributed by atoms with Crippen LogP contribution in [0, 0.1) is 0 Å². The number of halogens is 1. The number of rotatable bonds is 1. The van der Waals surface area contributed by atoms with Gasteiger partial charge in [-0.3, -0.25) is 0 Å². The molecule has 1 unspecified atom stereocenters. The molecule has 3 nitrogen and oxygen atoms in total. The number of aromatic nitrogens is 1. The summed E-state index contributed by atoms with van der Waals surface area (Å²) in [5, 5.41) is 4.17. The van der Waals surface area contributed by atoms with E-state index in [1.807, 2.05) is 19.9 Å². The maximum atomic E-state index is 13.2. The normalized spacial score (nSPS) is 23.7. The van der Waals surface area contributed by atoms with Crippen molar-refractivity contribution in [2.75, 3.05) is 20.1 Å². The topological polar surface area (TPSA) is 29.3 Å². The van der Waals surface area contributed by atoms with Crippen LogP contribution >= 0.6 is 0 Å². The maximum absolute atomic E-state index is 13.2. The maximum Gasteiger partial charge on any atom is 0.147 e. The van der Waals surface area contributed by atoms with Gasteiger partial charge in [0.25, 0.3) is 0 Å². The summed E-state index contributed by atoms with van der Waals surface area (Å²) in [5.41, 5.74) is 2.07. The molecular formula is C15H23FN2O. The van der Waals surface area contributed by atoms with Crippen molar-refractivity contribution in [1.29, 1.82) is 0 Å². The highest BCUT2D eigenvalue weighted by atomic mass is 19.1. The fraction of sp³-hybridized carbons (Fsp3) is 0.667. The van der Waals surface area contributed by atoms with E-state index in [2.05, 4.69) is 17.1 Å². The van der Waals surface area contributed by atoms with Crippen LogP contribution in [-0.4, -0.2) is 36.4 Å². The Labute approximate surface area is 114 Å². The molecule has 1 aromatic heterocycles. The number of likely N-dealkylation sites (tertiary alicyclic amines) is 1. The number of nitrogens with zero attached hydrogens (tertiary/aromatic N) is 2. The van der Waals surface area contributed by atoms with Crippen LogP contribution in [0.25, 0.3) is 6.08 Å². The third kappa shape index (κ3) is 3.06. The van der Waals surface area contributed by atoms with Gasteiger partial charge < -0.3 is 9.42 Å². The Morgan fingerprint density at radius 1 is 1.32 bits per heavy atom. The van der Waals surface area contributed by atoms with E-state index in [9.17, 15) is 4.39 Å². The van der Waals surface area contributed by atoms with Gasteiger partial charge in [-0.25, -0.2) is 4.39 Å². The van der Waals surface area contributed by atoms with E-state index in [1.165, 1.54) is 0 Å². The molecule has 1 aliphatic heterocycles. The van der Waals surface area contributed by atoms with Crippen LogP contribution in [0.3, 0.4) is 0 Å². The van der Waals surface area contributed by atoms with Crippen LogP contribution in [-0.2, 0) is 6.42 Å². The average molecular weight is 266 g/mol. The molecular weight excluding hydrogens is 243 g/mol. The van der Waals surface area contributed by atoms with Crippen LogP contribution in [0.15, 0.2) is 10.6 Å². The number of hydrogen-bond donors (Lipinski definition) is 0. The van der Waals surface area contributed by atoms with Crippen LogP contribution in [0.5, 0.6) is 0 Å². The van der Waals surface area contributed by atoms with Crippen molar-refractivity contribution in [3.05, 3.63) is 23.1 Å². The molecule has 1 fully saturated rings. The lowest BCUT2D eigenvalue weighted by Gasteiger charge is -2.28. The number of alkyl halides is 1. The molecule has 4 heteroatoms. The van der Waals surface area contributed by atoms with Gasteiger partial charge >= 0.3 is 0 Å². The highest BCUT2D eigenvalue weighted by Crippen LogP contribution is 2.33. The SMILES string of the molecule is CC.CN1CCC(c2noc3c2C=CC(F)C3)CC1. The molecule has 3 rings (SSSR count). The van der Waals surface area contributed by atoms with Gasteiger partial charge in [-0.2, -0.15) is 0 Å². The first-order chi connectivity index (χ1) is 9.24. The van der Waals surface area contributed by atoms with Gasteiger partial charge in [0.2, 0.25) is 0 Å². The average Bonchev–Trinajstić information content (AvgIpc) is 2.85. The summed E-state index contributed by atoms with van der Waals surface area (Å²) >= 11 is 0. The summed E-state index contributed by atoms with van der Waals surface area (Å²) in [4.78, 5) is 2.33. The summed E-state index contributed by atoms with van der Waals surface area (Å²) in [6.45, 7) is 6.20. The number of allylic oxidation sites excluding steroid dienone is 1. The molecule has 1 atom stereocenters. The third-order valence-electron chi connectivity index (χ3n) is 3.79. The lowest BCUT2D eigenvalue weighted by molar-refractivity contribution is 0.248.